The predicted octanol–water partition coefficient (Wildman–Crippen LogP) is 2.93. The third kappa shape index (κ3) is 3.19. The molecule has 2 heterocycles. The molecular weight excluding hydrogens is 281 g/mol. The highest BCUT2D eigenvalue weighted by Crippen LogP contribution is 2.32. The topological polar surface area (TPSA) is 36.4 Å². The number of halogens is 4. The fraction of sp³-hybridized carbons (Fsp3) is 0.417. The number of pyridine rings is 1. The van der Waals surface area contributed by atoms with Gasteiger partial charge in [-0.3, -0.25) is 0 Å². The number of nitrogens with zero attached hydrogens (tertiary/aromatic N) is 2. The first kappa shape index (κ1) is 14.1. The standard InChI is InChI=1S/C12H12ClF3N2O/c13-10-5-8(7-19)6-17-11(10)18-3-1-9(2-4-18)12(14,15)16/h1,5-6,19H,2-4,7H2. The van der Waals surface area contributed by atoms with Gasteiger partial charge in [0, 0.05) is 24.9 Å². The lowest BCUT2D eigenvalue weighted by Gasteiger charge is -2.28. The summed E-state index contributed by atoms with van der Waals surface area (Å²) in [5, 5.41) is 9.27. The van der Waals surface area contributed by atoms with Gasteiger partial charge in [-0.15, -0.1) is 0 Å². The molecule has 2 rings (SSSR count). The third-order valence-corrected chi connectivity index (χ3v) is 3.21. The summed E-state index contributed by atoms with van der Waals surface area (Å²) >= 11 is 6.01. The molecule has 0 saturated heterocycles. The van der Waals surface area contributed by atoms with E-state index in [4.69, 9.17) is 16.7 Å². The predicted molar refractivity (Wildman–Crippen MR) is 66.1 cm³/mol. The van der Waals surface area contributed by atoms with Crippen molar-refractivity contribution in [1.29, 1.82) is 0 Å². The Bertz CT molecular complexity index is 502. The summed E-state index contributed by atoms with van der Waals surface area (Å²) in [6.07, 6.45) is -1.72. The first-order chi connectivity index (χ1) is 8.91. The van der Waals surface area contributed by atoms with Crippen molar-refractivity contribution in [2.24, 2.45) is 0 Å². The fourth-order valence-corrected chi connectivity index (χ4v) is 2.22. The maximum absolute atomic E-state index is 12.5. The quantitative estimate of drug-likeness (QED) is 0.852. The average Bonchev–Trinajstić information content (AvgIpc) is 2.37. The largest absolute Gasteiger partial charge is 0.412 e. The van der Waals surface area contributed by atoms with Gasteiger partial charge in [0.15, 0.2) is 0 Å². The van der Waals surface area contributed by atoms with Gasteiger partial charge in [0.2, 0.25) is 0 Å². The zero-order chi connectivity index (χ0) is 14.0. The van der Waals surface area contributed by atoms with Crippen LogP contribution >= 0.6 is 11.6 Å². The van der Waals surface area contributed by atoms with Crippen LogP contribution in [0, 0.1) is 0 Å². The molecule has 3 nitrogen and oxygen atoms in total. The summed E-state index contributed by atoms with van der Waals surface area (Å²) in [5.41, 5.74) is 0.0594. The smallest absolute Gasteiger partial charge is 0.392 e. The van der Waals surface area contributed by atoms with Crippen molar-refractivity contribution in [3.05, 3.63) is 34.5 Å². The molecule has 0 saturated carbocycles. The van der Waals surface area contributed by atoms with Crippen LogP contribution in [0.4, 0.5) is 19.0 Å². The minimum absolute atomic E-state index is 0.0801. The SMILES string of the molecule is OCc1cnc(N2CC=C(C(F)(F)F)CC2)c(Cl)c1. The highest BCUT2D eigenvalue weighted by atomic mass is 35.5. The first-order valence-electron chi connectivity index (χ1n) is 5.68. The Balaban J connectivity index is 2.16. The molecule has 0 aliphatic carbocycles. The van der Waals surface area contributed by atoms with Gasteiger partial charge in [-0.1, -0.05) is 17.7 Å². The van der Waals surface area contributed by atoms with E-state index in [9.17, 15) is 13.2 Å². The molecule has 7 heteroatoms. The maximum Gasteiger partial charge on any atom is 0.412 e. The second kappa shape index (κ2) is 5.38. The van der Waals surface area contributed by atoms with E-state index in [1.165, 1.54) is 6.20 Å². The van der Waals surface area contributed by atoms with Crippen LogP contribution in [-0.2, 0) is 6.61 Å². The first-order valence-corrected chi connectivity index (χ1v) is 6.06. The second-order valence-electron chi connectivity index (χ2n) is 4.23. The molecule has 0 fully saturated rings. The number of alkyl halides is 3. The van der Waals surface area contributed by atoms with Gasteiger partial charge in [0.25, 0.3) is 0 Å². The van der Waals surface area contributed by atoms with E-state index < -0.39 is 11.7 Å². The maximum atomic E-state index is 12.5. The Kier molecular flexibility index (Phi) is 4.01. The molecule has 0 aromatic carbocycles. The van der Waals surface area contributed by atoms with Gasteiger partial charge in [-0.25, -0.2) is 4.98 Å². The van der Waals surface area contributed by atoms with E-state index in [0.29, 0.717) is 16.4 Å². The molecule has 1 aromatic rings. The Labute approximate surface area is 113 Å². The molecule has 1 N–H and O–H groups in total. The Morgan fingerprint density at radius 2 is 2.16 bits per heavy atom. The average molecular weight is 293 g/mol. The summed E-state index contributed by atoms with van der Waals surface area (Å²) < 4.78 is 37.5. The molecule has 19 heavy (non-hydrogen) atoms. The summed E-state index contributed by atoms with van der Waals surface area (Å²) in [7, 11) is 0. The Morgan fingerprint density at radius 1 is 1.42 bits per heavy atom. The number of anilines is 1. The monoisotopic (exact) mass is 292 g/mol. The highest BCUT2D eigenvalue weighted by Gasteiger charge is 2.35. The minimum atomic E-state index is -4.26. The highest BCUT2D eigenvalue weighted by molar-refractivity contribution is 6.33. The summed E-state index contributed by atoms with van der Waals surface area (Å²) in [6, 6.07) is 1.56. The normalized spacial score (nSPS) is 16.5. The second-order valence-corrected chi connectivity index (χ2v) is 4.64. The van der Waals surface area contributed by atoms with Crippen molar-refractivity contribution in [3.8, 4) is 0 Å². The van der Waals surface area contributed by atoms with Crippen molar-refractivity contribution in [3.63, 3.8) is 0 Å². The van der Waals surface area contributed by atoms with Gasteiger partial charge < -0.3 is 10.0 Å². The zero-order valence-electron chi connectivity index (χ0n) is 9.91. The Morgan fingerprint density at radius 3 is 2.63 bits per heavy atom. The molecule has 0 radical (unpaired) electrons. The summed E-state index contributed by atoms with van der Waals surface area (Å²) in [6.45, 7) is 0.168. The summed E-state index contributed by atoms with van der Waals surface area (Å²) in [4.78, 5) is 5.76. The number of hydrogen-bond acceptors (Lipinski definition) is 3. The fourth-order valence-electron chi connectivity index (χ4n) is 1.91. The number of rotatable bonds is 2. The minimum Gasteiger partial charge on any atom is -0.392 e. The van der Waals surface area contributed by atoms with Crippen molar-refractivity contribution in [2.75, 3.05) is 18.0 Å². The van der Waals surface area contributed by atoms with E-state index in [0.717, 1.165) is 6.08 Å². The van der Waals surface area contributed by atoms with Crippen LogP contribution in [0.1, 0.15) is 12.0 Å². The molecule has 0 spiro atoms. The number of aliphatic hydroxyl groups is 1. The van der Waals surface area contributed by atoms with Crippen molar-refractivity contribution >= 4 is 17.4 Å². The number of aliphatic hydroxyl groups excluding tert-OH is 1. The van der Waals surface area contributed by atoms with E-state index in [1.54, 1.807) is 11.0 Å². The molecule has 1 aliphatic heterocycles. The van der Waals surface area contributed by atoms with Gasteiger partial charge >= 0.3 is 6.18 Å². The van der Waals surface area contributed by atoms with Crippen molar-refractivity contribution < 1.29 is 18.3 Å². The molecule has 0 atom stereocenters. The molecular formula is C12H12ClF3N2O. The van der Waals surface area contributed by atoms with Crippen LogP contribution in [0.2, 0.25) is 5.02 Å². The molecule has 1 aromatic heterocycles. The van der Waals surface area contributed by atoms with E-state index in [2.05, 4.69) is 4.98 Å². The summed E-state index contributed by atoms with van der Waals surface area (Å²) in [5.74, 6) is 0.441. The lowest BCUT2D eigenvalue weighted by molar-refractivity contribution is -0.0944. The van der Waals surface area contributed by atoms with E-state index >= 15 is 0 Å². The molecule has 0 amide bonds. The molecule has 0 unspecified atom stereocenters. The molecule has 104 valence electrons. The van der Waals surface area contributed by atoms with Crippen LogP contribution in [0.3, 0.4) is 0 Å². The third-order valence-electron chi connectivity index (χ3n) is 2.93. The Hall–Kier alpha value is -1.27. The lowest BCUT2D eigenvalue weighted by Crippen LogP contribution is -2.32. The van der Waals surface area contributed by atoms with Crippen LogP contribution < -0.4 is 4.90 Å². The molecule has 1 aliphatic rings. The zero-order valence-corrected chi connectivity index (χ0v) is 10.7. The lowest BCUT2D eigenvalue weighted by atomic mass is 10.1. The van der Waals surface area contributed by atoms with Crippen LogP contribution in [-0.4, -0.2) is 29.4 Å². The van der Waals surface area contributed by atoms with Gasteiger partial charge in [-0.2, -0.15) is 13.2 Å². The van der Waals surface area contributed by atoms with Crippen molar-refractivity contribution in [2.45, 2.75) is 19.2 Å². The van der Waals surface area contributed by atoms with Gasteiger partial charge in [0.05, 0.1) is 11.6 Å². The van der Waals surface area contributed by atoms with Crippen LogP contribution in [0.15, 0.2) is 23.9 Å². The van der Waals surface area contributed by atoms with E-state index in [1.807, 2.05) is 0 Å². The molecule has 0 bridgehead atoms. The van der Waals surface area contributed by atoms with Crippen LogP contribution in [0.25, 0.3) is 0 Å². The number of hydrogen-bond donors (Lipinski definition) is 1. The van der Waals surface area contributed by atoms with Crippen molar-refractivity contribution in [1.82, 2.24) is 4.98 Å². The number of aromatic nitrogens is 1. The van der Waals surface area contributed by atoms with Gasteiger partial charge in [0.1, 0.15) is 5.82 Å². The van der Waals surface area contributed by atoms with E-state index in [-0.39, 0.29) is 26.1 Å². The van der Waals surface area contributed by atoms with Crippen LogP contribution in [0.5, 0.6) is 0 Å². The van der Waals surface area contributed by atoms with Gasteiger partial charge in [-0.05, 0) is 18.1 Å².